The van der Waals surface area contributed by atoms with Crippen molar-refractivity contribution in [3.63, 3.8) is 0 Å². The SMILES string of the molecule is CCC(CSC)NC(=O)C1CCC(C(=O)O)C1. The summed E-state index contributed by atoms with van der Waals surface area (Å²) < 4.78 is 0. The number of aliphatic carboxylic acids is 1. The van der Waals surface area contributed by atoms with Gasteiger partial charge in [-0.15, -0.1) is 0 Å². The predicted octanol–water partition coefficient (Wildman–Crippen LogP) is 1.75. The first-order valence-electron chi connectivity index (χ1n) is 6.10. The lowest BCUT2D eigenvalue weighted by atomic mass is 10.0. The zero-order valence-electron chi connectivity index (χ0n) is 10.4. The van der Waals surface area contributed by atoms with Crippen molar-refractivity contribution in [3.05, 3.63) is 0 Å². The van der Waals surface area contributed by atoms with Crippen molar-refractivity contribution in [1.82, 2.24) is 5.32 Å². The van der Waals surface area contributed by atoms with Gasteiger partial charge in [0.1, 0.15) is 0 Å². The van der Waals surface area contributed by atoms with Gasteiger partial charge in [0.25, 0.3) is 0 Å². The first-order valence-corrected chi connectivity index (χ1v) is 7.50. The normalized spacial score (nSPS) is 25.5. The van der Waals surface area contributed by atoms with Crippen LogP contribution in [0.4, 0.5) is 0 Å². The number of nitrogens with one attached hydrogen (secondary N) is 1. The van der Waals surface area contributed by atoms with Gasteiger partial charge in [-0.3, -0.25) is 9.59 Å². The molecule has 0 radical (unpaired) electrons. The lowest BCUT2D eigenvalue weighted by molar-refractivity contribution is -0.141. The zero-order chi connectivity index (χ0) is 12.8. The van der Waals surface area contributed by atoms with Crippen molar-refractivity contribution in [1.29, 1.82) is 0 Å². The third-order valence-electron chi connectivity index (χ3n) is 3.36. The Hall–Kier alpha value is -0.710. The summed E-state index contributed by atoms with van der Waals surface area (Å²) in [6.45, 7) is 2.05. The van der Waals surface area contributed by atoms with Gasteiger partial charge in [0, 0.05) is 17.7 Å². The predicted molar refractivity (Wildman–Crippen MR) is 69.1 cm³/mol. The fourth-order valence-electron chi connectivity index (χ4n) is 2.23. The Balaban J connectivity index is 2.41. The third-order valence-corrected chi connectivity index (χ3v) is 4.10. The first kappa shape index (κ1) is 14.4. The van der Waals surface area contributed by atoms with Crippen LogP contribution in [0.25, 0.3) is 0 Å². The van der Waals surface area contributed by atoms with E-state index in [0.29, 0.717) is 19.3 Å². The Morgan fingerprint density at radius 1 is 1.41 bits per heavy atom. The summed E-state index contributed by atoms with van der Waals surface area (Å²) in [5.41, 5.74) is 0. The number of thioether (sulfide) groups is 1. The maximum Gasteiger partial charge on any atom is 0.306 e. The fraction of sp³-hybridized carbons (Fsp3) is 0.833. The molecule has 0 aromatic rings. The number of carbonyl (C=O) groups excluding carboxylic acids is 1. The molecule has 0 aromatic heterocycles. The maximum absolute atomic E-state index is 11.9. The highest BCUT2D eigenvalue weighted by molar-refractivity contribution is 7.98. The van der Waals surface area contributed by atoms with Gasteiger partial charge in [-0.05, 0) is 31.9 Å². The molecular weight excluding hydrogens is 238 g/mol. The number of hydrogen-bond acceptors (Lipinski definition) is 3. The van der Waals surface area contributed by atoms with E-state index in [2.05, 4.69) is 12.2 Å². The number of rotatable bonds is 6. The maximum atomic E-state index is 11.9. The number of carboxylic acids is 1. The van der Waals surface area contributed by atoms with E-state index in [9.17, 15) is 9.59 Å². The van der Waals surface area contributed by atoms with Crippen LogP contribution >= 0.6 is 11.8 Å². The van der Waals surface area contributed by atoms with Crippen LogP contribution in [0.2, 0.25) is 0 Å². The van der Waals surface area contributed by atoms with Crippen molar-refractivity contribution in [3.8, 4) is 0 Å². The average Bonchev–Trinajstić information content (AvgIpc) is 2.77. The number of amides is 1. The van der Waals surface area contributed by atoms with Crippen LogP contribution < -0.4 is 5.32 Å². The van der Waals surface area contributed by atoms with Crippen LogP contribution in [0.5, 0.6) is 0 Å². The molecule has 0 aliphatic heterocycles. The molecule has 4 nitrogen and oxygen atoms in total. The average molecular weight is 259 g/mol. The van der Waals surface area contributed by atoms with Gasteiger partial charge in [-0.2, -0.15) is 11.8 Å². The van der Waals surface area contributed by atoms with Crippen molar-refractivity contribution in [2.24, 2.45) is 11.8 Å². The van der Waals surface area contributed by atoms with E-state index in [-0.39, 0.29) is 23.8 Å². The first-order chi connectivity index (χ1) is 8.08. The number of carboxylic acid groups (broad SMARTS) is 1. The fourth-order valence-corrected chi connectivity index (χ4v) is 2.95. The van der Waals surface area contributed by atoms with Crippen LogP contribution in [0.15, 0.2) is 0 Å². The second-order valence-electron chi connectivity index (χ2n) is 4.61. The lowest BCUT2D eigenvalue weighted by Crippen LogP contribution is -2.39. The summed E-state index contributed by atoms with van der Waals surface area (Å²) in [5, 5.41) is 11.9. The molecule has 17 heavy (non-hydrogen) atoms. The highest BCUT2D eigenvalue weighted by atomic mass is 32.2. The molecule has 3 unspecified atom stereocenters. The molecule has 1 aliphatic carbocycles. The molecule has 0 spiro atoms. The van der Waals surface area contributed by atoms with E-state index in [4.69, 9.17) is 5.11 Å². The Morgan fingerprint density at radius 3 is 2.53 bits per heavy atom. The molecule has 5 heteroatoms. The lowest BCUT2D eigenvalue weighted by Gasteiger charge is -2.18. The van der Waals surface area contributed by atoms with E-state index >= 15 is 0 Å². The van der Waals surface area contributed by atoms with Crippen LogP contribution in [-0.4, -0.2) is 35.0 Å². The van der Waals surface area contributed by atoms with E-state index in [1.54, 1.807) is 11.8 Å². The third kappa shape index (κ3) is 4.22. The van der Waals surface area contributed by atoms with Gasteiger partial charge in [-0.1, -0.05) is 6.92 Å². The van der Waals surface area contributed by atoms with Gasteiger partial charge >= 0.3 is 5.97 Å². The molecule has 1 fully saturated rings. The number of carbonyl (C=O) groups is 2. The Bertz CT molecular complexity index is 283. The van der Waals surface area contributed by atoms with Crippen molar-refractivity contribution in [2.45, 2.75) is 38.6 Å². The summed E-state index contributed by atoms with van der Waals surface area (Å²) in [6.07, 6.45) is 4.77. The molecule has 3 atom stereocenters. The minimum Gasteiger partial charge on any atom is -0.481 e. The summed E-state index contributed by atoms with van der Waals surface area (Å²) in [5.74, 6) is -0.249. The minimum atomic E-state index is -0.767. The number of hydrogen-bond donors (Lipinski definition) is 2. The van der Waals surface area contributed by atoms with Crippen molar-refractivity contribution >= 4 is 23.6 Å². The van der Waals surface area contributed by atoms with Gasteiger partial charge < -0.3 is 10.4 Å². The van der Waals surface area contributed by atoms with E-state index in [1.807, 2.05) is 6.26 Å². The molecule has 98 valence electrons. The Labute approximate surface area is 107 Å². The minimum absolute atomic E-state index is 0.0367. The van der Waals surface area contributed by atoms with E-state index < -0.39 is 5.97 Å². The molecule has 0 bridgehead atoms. The van der Waals surface area contributed by atoms with Crippen LogP contribution in [0.1, 0.15) is 32.6 Å². The van der Waals surface area contributed by atoms with Crippen molar-refractivity contribution < 1.29 is 14.7 Å². The summed E-state index contributed by atoms with van der Waals surface area (Å²) in [6, 6.07) is 0.210. The molecule has 1 saturated carbocycles. The van der Waals surface area contributed by atoms with E-state index in [0.717, 1.165) is 12.2 Å². The van der Waals surface area contributed by atoms with Gasteiger partial charge in [-0.25, -0.2) is 0 Å². The molecule has 0 heterocycles. The quantitative estimate of drug-likeness (QED) is 0.762. The second kappa shape index (κ2) is 6.89. The molecule has 2 N–H and O–H groups in total. The van der Waals surface area contributed by atoms with Crippen LogP contribution in [-0.2, 0) is 9.59 Å². The summed E-state index contributed by atoms with van der Waals surface area (Å²) >= 11 is 1.72. The monoisotopic (exact) mass is 259 g/mol. The molecule has 1 amide bonds. The summed E-state index contributed by atoms with van der Waals surface area (Å²) in [7, 11) is 0. The highest BCUT2D eigenvalue weighted by Gasteiger charge is 2.34. The van der Waals surface area contributed by atoms with Gasteiger partial charge in [0.15, 0.2) is 0 Å². The highest BCUT2D eigenvalue weighted by Crippen LogP contribution is 2.31. The van der Waals surface area contributed by atoms with Gasteiger partial charge in [0.2, 0.25) is 5.91 Å². The van der Waals surface area contributed by atoms with Gasteiger partial charge in [0.05, 0.1) is 5.92 Å². The Kier molecular flexibility index (Phi) is 5.82. The smallest absolute Gasteiger partial charge is 0.306 e. The molecular formula is C12H21NO3S. The van der Waals surface area contributed by atoms with Crippen LogP contribution in [0.3, 0.4) is 0 Å². The Morgan fingerprint density at radius 2 is 2.06 bits per heavy atom. The zero-order valence-corrected chi connectivity index (χ0v) is 11.3. The topological polar surface area (TPSA) is 66.4 Å². The molecule has 1 aliphatic rings. The standard InChI is InChI=1S/C12H21NO3S/c1-3-10(7-17-2)13-11(14)8-4-5-9(6-8)12(15)16/h8-10H,3-7H2,1-2H3,(H,13,14)(H,15,16). The molecule has 1 rings (SSSR count). The molecule has 0 aromatic carbocycles. The summed E-state index contributed by atoms with van der Waals surface area (Å²) in [4.78, 5) is 22.8. The van der Waals surface area contributed by atoms with E-state index in [1.165, 1.54) is 0 Å². The largest absolute Gasteiger partial charge is 0.481 e. The van der Waals surface area contributed by atoms with Crippen LogP contribution in [0, 0.1) is 11.8 Å². The van der Waals surface area contributed by atoms with Crippen molar-refractivity contribution in [2.75, 3.05) is 12.0 Å². The second-order valence-corrected chi connectivity index (χ2v) is 5.52. The molecule has 0 saturated heterocycles.